The largest absolute Gasteiger partial charge is 0.385 e. The Bertz CT molecular complexity index is 359. The van der Waals surface area contributed by atoms with Gasteiger partial charge in [0.15, 0.2) is 5.82 Å². The Hall–Kier alpha value is -0.470. The monoisotopic (exact) mass is 305 g/mol. The SMILES string of the molecule is CCCCCCCCCNc1cc(Cl)c(F)c(Cl)c1. The highest BCUT2D eigenvalue weighted by Gasteiger charge is 2.06. The highest BCUT2D eigenvalue weighted by Crippen LogP contribution is 2.27. The van der Waals surface area contributed by atoms with E-state index in [1.54, 1.807) is 12.1 Å². The summed E-state index contributed by atoms with van der Waals surface area (Å²) in [6.07, 6.45) is 8.90. The van der Waals surface area contributed by atoms with Crippen LogP contribution in [0.4, 0.5) is 10.1 Å². The third-order valence-electron chi connectivity index (χ3n) is 3.09. The van der Waals surface area contributed by atoms with Gasteiger partial charge in [0.25, 0.3) is 0 Å². The van der Waals surface area contributed by atoms with Crippen molar-refractivity contribution in [3.63, 3.8) is 0 Å². The third-order valence-corrected chi connectivity index (χ3v) is 3.64. The Labute approximate surface area is 125 Å². The topological polar surface area (TPSA) is 12.0 Å². The molecule has 0 atom stereocenters. The van der Waals surface area contributed by atoms with Gasteiger partial charge in [0.05, 0.1) is 10.0 Å². The van der Waals surface area contributed by atoms with Crippen LogP contribution < -0.4 is 5.32 Å². The molecule has 0 aliphatic carbocycles. The fourth-order valence-corrected chi connectivity index (χ4v) is 2.46. The fraction of sp³-hybridized carbons (Fsp3) is 0.600. The first kappa shape index (κ1) is 16.6. The molecule has 0 aliphatic rings. The van der Waals surface area contributed by atoms with Gasteiger partial charge in [-0.2, -0.15) is 0 Å². The number of hydrogen-bond acceptors (Lipinski definition) is 1. The second-order valence-electron chi connectivity index (χ2n) is 4.80. The molecule has 0 saturated heterocycles. The molecule has 0 spiro atoms. The third kappa shape index (κ3) is 6.49. The van der Waals surface area contributed by atoms with E-state index in [-0.39, 0.29) is 10.0 Å². The summed E-state index contributed by atoms with van der Waals surface area (Å²) in [6.45, 7) is 3.09. The van der Waals surface area contributed by atoms with Gasteiger partial charge in [-0.05, 0) is 18.6 Å². The average Bonchev–Trinajstić information content (AvgIpc) is 2.39. The highest BCUT2D eigenvalue weighted by atomic mass is 35.5. The molecule has 0 saturated carbocycles. The maximum Gasteiger partial charge on any atom is 0.160 e. The number of rotatable bonds is 9. The maximum absolute atomic E-state index is 13.2. The minimum atomic E-state index is -0.551. The summed E-state index contributed by atoms with van der Waals surface area (Å²) in [5, 5.41) is 3.35. The highest BCUT2D eigenvalue weighted by molar-refractivity contribution is 6.35. The van der Waals surface area contributed by atoms with E-state index in [9.17, 15) is 4.39 Å². The standard InChI is InChI=1S/C15H22Cl2FN/c1-2-3-4-5-6-7-8-9-19-12-10-13(16)15(18)14(17)11-12/h10-11,19H,2-9H2,1H3. The molecule has 0 aromatic heterocycles. The summed E-state index contributed by atoms with van der Waals surface area (Å²) in [5.74, 6) is -0.551. The van der Waals surface area contributed by atoms with E-state index in [2.05, 4.69) is 12.2 Å². The molecule has 19 heavy (non-hydrogen) atoms. The van der Waals surface area contributed by atoms with E-state index in [0.717, 1.165) is 18.7 Å². The van der Waals surface area contributed by atoms with Gasteiger partial charge < -0.3 is 5.32 Å². The average molecular weight is 306 g/mol. The Morgan fingerprint density at radius 3 is 2.05 bits per heavy atom. The van der Waals surface area contributed by atoms with Gasteiger partial charge >= 0.3 is 0 Å². The van der Waals surface area contributed by atoms with Gasteiger partial charge in [0, 0.05) is 12.2 Å². The normalized spacial score (nSPS) is 10.7. The van der Waals surface area contributed by atoms with E-state index in [4.69, 9.17) is 23.2 Å². The maximum atomic E-state index is 13.2. The molecule has 1 aromatic carbocycles. The van der Waals surface area contributed by atoms with Crippen LogP contribution in [0.5, 0.6) is 0 Å². The van der Waals surface area contributed by atoms with Gasteiger partial charge in [-0.1, -0.05) is 68.7 Å². The van der Waals surface area contributed by atoms with Crippen molar-refractivity contribution in [3.8, 4) is 0 Å². The molecule has 0 aliphatic heterocycles. The Kier molecular flexibility index (Phi) is 8.24. The molecule has 0 bridgehead atoms. The number of hydrogen-bond donors (Lipinski definition) is 1. The summed E-state index contributed by atoms with van der Waals surface area (Å²) in [6, 6.07) is 3.15. The summed E-state index contributed by atoms with van der Waals surface area (Å²) in [5.41, 5.74) is 0.780. The summed E-state index contributed by atoms with van der Waals surface area (Å²) < 4.78 is 13.2. The van der Waals surface area contributed by atoms with Crippen molar-refractivity contribution in [1.82, 2.24) is 0 Å². The van der Waals surface area contributed by atoms with E-state index in [1.807, 2.05) is 0 Å². The first-order valence-electron chi connectivity index (χ1n) is 7.03. The van der Waals surface area contributed by atoms with Crippen LogP contribution in [0.1, 0.15) is 51.9 Å². The first-order valence-corrected chi connectivity index (χ1v) is 7.79. The molecule has 108 valence electrons. The van der Waals surface area contributed by atoms with Crippen LogP contribution in [-0.2, 0) is 0 Å². The molecule has 1 nitrogen and oxygen atoms in total. The van der Waals surface area contributed by atoms with Crippen molar-refractivity contribution in [2.24, 2.45) is 0 Å². The molecular formula is C15H22Cl2FN. The van der Waals surface area contributed by atoms with Crippen molar-refractivity contribution in [1.29, 1.82) is 0 Å². The number of benzene rings is 1. The van der Waals surface area contributed by atoms with Crippen LogP contribution in [0.3, 0.4) is 0 Å². The lowest BCUT2D eigenvalue weighted by atomic mass is 10.1. The quantitative estimate of drug-likeness (QED) is 0.417. The molecule has 1 aromatic rings. The van der Waals surface area contributed by atoms with Gasteiger partial charge in [-0.15, -0.1) is 0 Å². The molecule has 1 N–H and O–H groups in total. The second kappa shape index (κ2) is 9.44. The number of halogens is 3. The lowest BCUT2D eigenvalue weighted by Gasteiger charge is -2.08. The zero-order valence-electron chi connectivity index (χ0n) is 11.4. The Balaban J connectivity index is 2.16. The van der Waals surface area contributed by atoms with Gasteiger partial charge in [0.2, 0.25) is 0 Å². The van der Waals surface area contributed by atoms with Gasteiger partial charge in [-0.25, -0.2) is 4.39 Å². The molecular weight excluding hydrogens is 284 g/mol. The Morgan fingerprint density at radius 1 is 0.947 bits per heavy atom. The van der Waals surface area contributed by atoms with E-state index >= 15 is 0 Å². The minimum Gasteiger partial charge on any atom is -0.385 e. The van der Waals surface area contributed by atoms with Gasteiger partial charge in [-0.3, -0.25) is 0 Å². The predicted molar refractivity (Wildman–Crippen MR) is 82.9 cm³/mol. The zero-order valence-corrected chi connectivity index (χ0v) is 13.0. The first-order chi connectivity index (χ1) is 9.15. The molecule has 4 heteroatoms. The molecule has 0 amide bonds. The van der Waals surface area contributed by atoms with Crippen molar-refractivity contribution in [3.05, 3.63) is 28.0 Å². The predicted octanol–water partition coefficient (Wildman–Crippen LogP) is 6.30. The van der Waals surface area contributed by atoms with E-state index in [0.29, 0.717) is 0 Å². The number of anilines is 1. The zero-order chi connectivity index (χ0) is 14.1. The lowest BCUT2D eigenvalue weighted by molar-refractivity contribution is 0.596. The number of nitrogens with one attached hydrogen (secondary N) is 1. The summed E-state index contributed by atoms with van der Waals surface area (Å²) >= 11 is 11.5. The van der Waals surface area contributed by atoms with Gasteiger partial charge in [0.1, 0.15) is 0 Å². The van der Waals surface area contributed by atoms with E-state index < -0.39 is 5.82 Å². The fourth-order valence-electron chi connectivity index (χ4n) is 1.97. The lowest BCUT2D eigenvalue weighted by Crippen LogP contribution is -2.01. The molecule has 0 fully saturated rings. The molecule has 0 radical (unpaired) electrons. The molecule has 0 unspecified atom stereocenters. The van der Waals surface area contributed by atoms with Crippen molar-refractivity contribution in [2.45, 2.75) is 51.9 Å². The second-order valence-corrected chi connectivity index (χ2v) is 5.62. The molecule has 0 heterocycles. The van der Waals surface area contributed by atoms with Crippen molar-refractivity contribution in [2.75, 3.05) is 11.9 Å². The van der Waals surface area contributed by atoms with Crippen LogP contribution >= 0.6 is 23.2 Å². The van der Waals surface area contributed by atoms with Crippen LogP contribution in [0.2, 0.25) is 10.0 Å². The van der Waals surface area contributed by atoms with Crippen LogP contribution in [0.25, 0.3) is 0 Å². The smallest absolute Gasteiger partial charge is 0.160 e. The van der Waals surface area contributed by atoms with E-state index in [1.165, 1.54) is 38.5 Å². The van der Waals surface area contributed by atoms with Crippen molar-refractivity contribution < 1.29 is 4.39 Å². The number of unbranched alkanes of at least 4 members (excludes halogenated alkanes) is 6. The van der Waals surface area contributed by atoms with Crippen LogP contribution in [0, 0.1) is 5.82 Å². The Morgan fingerprint density at radius 2 is 1.47 bits per heavy atom. The summed E-state index contributed by atoms with van der Waals surface area (Å²) in [4.78, 5) is 0. The van der Waals surface area contributed by atoms with Crippen LogP contribution in [0.15, 0.2) is 12.1 Å². The minimum absolute atomic E-state index is 0.0644. The van der Waals surface area contributed by atoms with Crippen molar-refractivity contribution >= 4 is 28.9 Å². The molecule has 1 rings (SSSR count). The summed E-state index contributed by atoms with van der Waals surface area (Å²) in [7, 11) is 0. The van der Waals surface area contributed by atoms with Crippen LogP contribution in [-0.4, -0.2) is 6.54 Å².